The maximum Gasteiger partial charge on any atom is 0.343 e. The van der Waals surface area contributed by atoms with Gasteiger partial charge in [0.15, 0.2) is 6.61 Å². The first-order valence-corrected chi connectivity index (χ1v) is 8.77. The van der Waals surface area contributed by atoms with Crippen LogP contribution in [0.1, 0.15) is 18.5 Å². The molecule has 0 aliphatic heterocycles. The molecule has 2 rings (SSSR count). The van der Waals surface area contributed by atoms with Crippen LogP contribution in [0.25, 0.3) is 0 Å². The van der Waals surface area contributed by atoms with Gasteiger partial charge in [0.1, 0.15) is 5.75 Å². The first-order chi connectivity index (χ1) is 11.4. The summed E-state index contributed by atoms with van der Waals surface area (Å²) in [4.78, 5) is 11.1. The molecule has 7 heteroatoms. The fourth-order valence-corrected chi connectivity index (χ4v) is 3.26. The predicted octanol–water partition coefficient (Wildman–Crippen LogP) is 2.28. The number of esters is 1. The van der Waals surface area contributed by atoms with Crippen LogP contribution in [-0.2, 0) is 19.6 Å². The third-order valence-corrected chi connectivity index (χ3v) is 4.91. The number of benzene rings is 2. The molecule has 1 N–H and O–H groups in total. The summed E-state index contributed by atoms with van der Waals surface area (Å²) < 4.78 is 37.1. The highest BCUT2D eigenvalue weighted by atomic mass is 32.2. The summed E-state index contributed by atoms with van der Waals surface area (Å²) in [5.74, 6) is -0.125. The molecule has 1 unspecified atom stereocenters. The van der Waals surface area contributed by atoms with E-state index in [1.54, 1.807) is 6.92 Å². The molecule has 0 amide bonds. The molecule has 0 aliphatic carbocycles. The lowest BCUT2D eigenvalue weighted by atomic mass is 10.1. The zero-order valence-corrected chi connectivity index (χ0v) is 14.2. The molecule has 0 saturated carbocycles. The van der Waals surface area contributed by atoms with E-state index in [0.29, 0.717) is 5.75 Å². The van der Waals surface area contributed by atoms with E-state index in [9.17, 15) is 13.2 Å². The second-order valence-corrected chi connectivity index (χ2v) is 6.80. The lowest BCUT2D eigenvalue weighted by Gasteiger charge is -2.15. The number of hydrogen-bond donors (Lipinski definition) is 1. The van der Waals surface area contributed by atoms with E-state index in [-0.39, 0.29) is 17.5 Å². The summed E-state index contributed by atoms with van der Waals surface area (Å²) in [5.41, 5.74) is 0.874. The summed E-state index contributed by atoms with van der Waals surface area (Å²) >= 11 is 0. The summed E-state index contributed by atoms with van der Waals surface area (Å²) in [7, 11) is -2.39. The van der Waals surface area contributed by atoms with Crippen molar-refractivity contribution < 1.29 is 22.7 Å². The number of sulfonamides is 1. The minimum absolute atomic E-state index is 0.121. The van der Waals surface area contributed by atoms with Crippen molar-refractivity contribution >= 4 is 16.0 Å². The Morgan fingerprint density at radius 2 is 1.71 bits per heavy atom. The third-order valence-electron chi connectivity index (χ3n) is 3.35. The van der Waals surface area contributed by atoms with E-state index < -0.39 is 16.0 Å². The third kappa shape index (κ3) is 4.81. The highest BCUT2D eigenvalue weighted by molar-refractivity contribution is 7.89. The summed E-state index contributed by atoms with van der Waals surface area (Å²) in [5, 5.41) is 0. The van der Waals surface area contributed by atoms with Gasteiger partial charge in [-0.15, -0.1) is 0 Å². The molecule has 6 nitrogen and oxygen atoms in total. The fraction of sp³-hybridized carbons (Fsp3) is 0.235. The van der Waals surface area contributed by atoms with Gasteiger partial charge in [-0.25, -0.2) is 17.9 Å². The normalized spacial score (nSPS) is 12.4. The zero-order valence-electron chi connectivity index (χ0n) is 13.4. The van der Waals surface area contributed by atoms with Gasteiger partial charge in [0.25, 0.3) is 0 Å². The molecule has 1 atom stereocenters. The van der Waals surface area contributed by atoms with Gasteiger partial charge in [-0.3, -0.25) is 0 Å². The van der Waals surface area contributed by atoms with E-state index in [1.165, 1.54) is 31.4 Å². The molecule has 0 aliphatic rings. The Labute approximate surface area is 141 Å². The molecule has 0 aromatic heterocycles. The highest BCUT2D eigenvalue weighted by Crippen LogP contribution is 2.19. The van der Waals surface area contributed by atoms with Gasteiger partial charge < -0.3 is 9.47 Å². The molecule has 0 bridgehead atoms. The number of hydrogen-bond acceptors (Lipinski definition) is 5. The average Bonchev–Trinajstić information content (AvgIpc) is 2.60. The van der Waals surface area contributed by atoms with Crippen LogP contribution in [0.15, 0.2) is 59.5 Å². The second-order valence-electron chi connectivity index (χ2n) is 5.09. The van der Waals surface area contributed by atoms with Crippen LogP contribution in [0, 0.1) is 0 Å². The SMILES string of the molecule is COC(=O)COc1ccc(S(=O)(=O)NC(C)c2ccccc2)cc1. The molecule has 128 valence electrons. The Morgan fingerprint density at radius 3 is 2.29 bits per heavy atom. The van der Waals surface area contributed by atoms with Crippen molar-refractivity contribution in [1.29, 1.82) is 0 Å². The van der Waals surface area contributed by atoms with Gasteiger partial charge in [-0.2, -0.15) is 0 Å². The van der Waals surface area contributed by atoms with E-state index in [2.05, 4.69) is 9.46 Å². The second kappa shape index (κ2) is 7.94. The van der Waals surface area contributed by atoms with Crippen LogP contribution in [0.5, 0.6) is 5.75 Å². The molecule has 0 radical (unpaired) electrons. The van der Waals surface area contributed by atoms with Gasteiger partial charge >= 0.3 is 5.97 Å². The molecule has 2 aromatic carbocycles. The highest BCUT2D eigenvalue weighted by Gasteiger charge is 2.18. The summed E-state index contributed by atoms with van der Waals surface area (Å²) in [6.45, 7) is 1.55. The zero-order chi connectivity index (χ0) is 17.6. The van der Waals surface area contributed by atoms with Crippen LogP contribution in [0.2, 0.25) is 0 Å². The Kier molecular flexibility index (Phi) is 5.94. The van der Waals surface area contributed by atoms with E-state index in [4.69, 9.17) is 4.74 Å². The monoisotopic (exact) mass is 349 g/mol. The molecule has 0 heterocycles. The minimum atomic E-state index is -3.66. The molecular formula is C17H19NO5S. The fourth-order valence-electron chi connectivity index (χ4n) is 2.03. The molecule has 0 fully saturated rings. The smallest absolute Gasteiger partial charge is 0.343 e. The Bertz CT molecular complexity index is 772. The van der Waals surface area contributed by atoms with Gasteiger partial charge in [0, 0.05) is 6.04 Å². The Morgan fingerprint density at radius 1 is 1.08 bits per heavy atom. The lowest BCUT2D eigenvalue weighted by molar-refractivity contribution is -0.142. The average molecular weight is 349 g/mol. The number of carbonyl (C=O) groups is 1. The predicted molar refractivity (Wildman–Crippen MR) is 89.1 cm³/mol. The van der Waals surface area contributed by atoms with Crippen molar-refractivity contribution in [3.63, 3.8) is 0 Å². The minimum Gasteiger partial charge on any atom is -0.482 e. The molecule has 24 heavy (non-hydrogen) atoms. The van der Waals surface area contributed by atoms with Gasteiger partial charge in [-0.05, 0) is 36.8 Å². The van der Waals surface area contributed by atoms with Crippen LogP contribution in [-0.4, -0.2) is 28.1 Å². The van der Waals surface area contributed by atoms with Crippen molar-refractivity contribution in [3.8, 4) is 5.75 Å². The van der Waals surface area contributed by atoms with Gasteiger partial charge in [0.2, 0.25) is 10.0 Å². The van der Waals surface area contributed by atoms with E-state index in [1.807, 2.05) is 30.3 Å². The van der Waals surface area contributed by atoms with Crippen LogP contribution in [0.4, 0.5) is 0 Å². The molecule has 0 saturated heterocycles. The number of carbonyl (C=O) groups excluding carboxylic acids is 1. The van der Waals surface area contributed by atoms with Crippen molar-refractivity contribution in [2.45, 2.75) is 17.9 Å². The van der Waals surface area contributed by atoms with E-state index in [0.717, 1.165) is 5.56 Å². The van der Waals surface area contributed by atoms with Crippen molar-refractivity contribution in [1.82, 2.24) is 4.72 Å². The van der Waals surface area contributed by atoms with Crippen molar-refractivity contribution in [2.24, 2.45) is 0 Å². The lowest BCUT2D eigenvalue weighted by Crippen LogP contribution is -2.26. The molecular weight excluding hydrogens is 330 g/mol. The first-order valence-electron chi connectivity index (χ1n) is 7.29. The number of ether oxygens (including phenoxy) is 2. The van der Waals surface area contributed by atoms with E-state index >= 15 is 0 Å². The maximum absolute atomic E-state index is 12.4. The van der Waals surface area contributed by atoms with Crippen LogP contribution < -0.4 is 9.46 Å². The number of nitrogens with one attached hydrogen (secondary N) is 1. The maximum atomic E-state index is 12.4. The number of methoxy groups -OCH3 is 1. The number of rotatable bonds is 7. The quantitative estimate of drug-likeness (QED) is 0.776. The summed E-state index contributed by atoms with van der Waals surface area (Å²) in [6, 6.07) is 14.8. The van der Waals surface area contributed by atoms with Crippen LogP contribution in [0.3, 0.4) is 0 Å². The Hall–Kier alpha value is -2.38. The first kappa shape index (κ1) is 18.0. The largest absolute Gasteiger partial charge is 0.482 e. The van der Waals surface area contributed by atoms with Crippen molar-refractivity contribution in [2.75, 3.05) is 13.7 Å². The topological polar surface area (TPSA) is 81.7 Å². The van der Waals surface area contributed by atoms with Crippen LogP contribution >= 0.6 is 0 Å². The van der Waals surface area contributed by atoms with Crippen molar-refractivity contribution in [3.05, 3.63) is 60.2 Å². The Balaban J connectivity index is 2.05. The molecule has 0 spiro atoms. The van der Waals surface area contributed by atoms with Gasteiger partial charge in [0.05, 0.1) is 12.0 Å². The van der Waals surface area contributed by atoms with Gasteiger partial charge in [-0.1, -0.05) is 30.3 Å². The molecule has 2 aromatic rings. The summed E-state index contributed by atoms with van der Waals surface area (Å²) in [6.07, 6.45) is 0. The standard InChI is InChI=1S/C17H19NO5S/c1-13(14-6-4-3-5-7-14)18-24(20,21)16-10-8-15(9-11-16)23-12-17(19)22-2/h3-11,13,18H,12H2,1-2H3.